The van der Waals surface area contributed by atoms with E-state index >= 15 is 0 Å². The Balaban J connectivity index is 2.33. The van der Waals surface area contributed by atoms with Gasteiger partial charge in [-0.15, -0.1) is 0 Å². The van der Waals surface area contributed by atoms with Gasteiger partial charge in [0.1, 0.15) is 0 Å². The Labute approximate surface area is 111 Å². The van der Waals surface area contributed by atoms with Crippen molar-refractivity contribution < 1.29 is 0 Å². The van der Waals surface area contributed by atoms with Gasteiger partial charge in [0.2, 0.25) is 0 Å². The molecule has 1 fully saturated rings. The fourth-order valence-electron chi connectivity index (χ4n) is 2.70. The van der Waals surface area contributed by atoms with Gasteiger partial charge in [-0.05, 0) is 39.4 Å². The highest BCUT2D eigenvalue weighted by atomic mass is 15.3. The molecule has 18 heavy (non-hydrogen) atoms. The fourth-order valence-corrected chi connectivity index (χ4v) is 2.70. The van der Waals surface area contributed by atoms with Crippen molar-refractivity contribution in [3.63, 3.8) is 0 Å². The minimum absolute atomic E-state index is 0.188. The van der Waals surface area contributed by atoms with Crippen molar-refractivity contribution in [1.82, 2.24) is 4.90 Å². The number of likely N-dealkylation sites (N-methyl/N-ethyl adjacent to an activating group) is 1. The van der Waals surface area contributed by atoms with Crippen LogP contribution in [0.1, 0.15) is 19.4 Å². The molecule has 0 saturated carbocycles. The summed E-state index contributed by atoms with van der Waals surface area (Å²) in [5.41, 5.74) is 8.81. The zero-order chi connectivity index (χ0) is 13.3. The van der Waals surface area contributed by atoms with Gasteiger partial charge in [0, 0.05) is 30.9 Å². The first-order chi connectivity index (χ1) is 8.45. The average Bonchev–Trinajstić information content (AvgIpc) is 2.33. The molecule has 0 bridgehead atoms. The maximum Gasteiger partial charge on any atom is 0.0540 e. The molecule has 0 aliphatic carbocycles. The minimum Gasteiger partial charge on any atom is -0.364 e. The summed E-state index contributed by atoms with van der Waals surface area (Å²) in [6.45, 7) is 9.52. The maximum absolute atomic E-state index is 5.96. The van der Waals surface area contributed by atoms with Crippen LogP contribution in [0.3, 0.4) is 0 Å². The SMILES string of the molecule is Cc1ccccc1N1CC(C)(C)N(C)CC1CN. The van der Waals surface area contributed by atoms with Gasteiger partial charge < -0.3 is 10.6 Å². The molecule has 100 valence electrons. The largest absolute Gasteiger partial charge is 0.364 e. The minimum atomic E-state index is 0.188. The van der Waals surface area contributed by atoms with Crippen molar-refractivity contribution in [2.45, 2.75) is 32.4 Å². The number of piperazine rings is 1. The molecule has 1 unspecified atom stereocenters. The van der Waals surface area contributed by atoms with E-state index in [1.165, 1.54) is 11.3 Å². The van der Waals surface area contributed by atoms with Crippen molar-refractivity contribution in [1.29, 1.82) is 0 Å². The van der Waals surface area contributed by atoms with Crippen LogP contribution in [0.5, 0.6) is 0 Å². The van der Waals surface area contributed by atoms with Crippen LogP contribution in [0.2, 0.25) is 0 Å². The predicted molar refractivity (Wildman–Crippen MR) is 78.1 cm³/mol. The molecule has 0 spiro atoms. The Kier molecular flexibility index (Phi) is 3.64. The molecule has 1 saturated heterocycles. The van der Waals surface area contributed by atoms with Gasteiger partial charge in [-0.1, -0.05) is 18.2 Å². The number of para-hydroxylation sites is 1. The summed E-state index contributed by atoms with van der Waals surface area (Å²) in [5, 5.41) is 0. The summed E-state index contributed by atoms with van der Waals surface area (Å²) >= 11 is 0. The molecule has 3 nitrogen and oxygen atoms in total. The molecule has 0 aromatic heterocycles. The number of rotatable bonds is 2. The third kappa shape index (κ3) is 2.38. The van der Waals surface area contributed by atoms with Crippen molar-refractivity contribution in [2.24, 2.45) is 5.73 Å². The molecule has 1 aromatic carbocycles. The Bertz CT molecular complexity index is 414. The van der Waals surface area contributed by atoms with Crippen LogP contribution in [0.4, 0.5) is 5.69 Å². The number of hydrogen-bond acceptors (Lipinski definition) is 3. The molecule has 2 N–H and O–H groups in total. The zero-order valence-corrected chi connectivity index (χ0v) is 12.0. The lowest BCUT2D eigenvalue weighted by atomic mass is 9.95. The van der Waals surface area contributed by atoms with Gasteiger partial charge in [0.25, 0.3) is 0 Å². The lowest BCUT2D eigenvalue weighted by Crippen LogP contribution is -2.64. The summed E-state index contributed by atoms with van der Waals surface area (Å²) in [4.78, 5) is 4.90. The first-order valence-corrected chi connectivity index (χ1v) is 6.69. The van der Waals surface area contributed by atoms with Crippen molar-refractivity contribution >= 4 is 5.69 Å². The summed E-state index contributed by atoms with van der Waals surface area (Å²) in [7, 11) is 2.19. The monoisotopic (exact) mass is 247 g/mol. The third-order valence-corrected chi connectivity index (χ3v) is 4.21. The van der Waals surface area contributed by atoms with Gasteiger partial charge in [-0.25, -0.2) is 0 Å². The van der Waals surface area contributed by atoms with E-state index in [9.17, 15) is 0 Å². The number of nitrogens with zero attached hydrogens (tertiary/aromatic N) is 2. The van der Waals surface area contributed by atoms with E-state index in [0.29, 0.717) is 12.6 Å². The molecule has 3 heteroatoms. The van der Waals surface area contributed by atoms with Gasteiger partial charge >= 0.3 is 0 Å². The summed E-state index contributed by atoms with van der Waals surface area (Å²) in [6, 6.07) is 9.00. The standard InChI is InChI=1S/C15H25N3/c1-12-7-5-6-8-14(12)18-11-15(2,3)17(4)10-13(18)9-16/h5-8,13H,9-11,16H2,1-4H3. The molecule has 1 atom stereocenters. The van der Waals surface area contributed by atoms with E-state index in [2.05, 4.69) is 61.9 Å². The highest BCUT2D eigenvalue weighted by Gasteiger charge is 2.36. The van der Waals surface area contributed by atoms with E-state index in [-0.39, 0.29) is 5.54 Å². The molecular weight excluding hydrogens is 222 g/mol. The smallest absolute Gasteiger partial charge is 0.0540 e. The summed E-state index contributed by atoms with van der Waals surface area (Å²) < 4.78 is 0. The van der Waals surface area contributed by atoms with Crippen LogP contribution in [0.25, 0.3) is 0 Å². The van der Waals surface area contributed by atoms with E-state index in [1.807, 2.05) is 0 Å². The van der Waals surface area contributed by atoms with Gasteiger partial charge in [-0.2, -0.15) is 0 Å². The topological polar surface area (TPSA) is 32.5 Å². The number of benzene rings is 1. The van der Waals surface area contributed by atoms with Gasteiger partial charge in [0.15, 0.2) is 0 Å². The maximum atomic E-state index is 5.96. The van der Waals surface area contributed by atoms with Crippen molar-refractivity contribution in [3.8, 4) is 0 Å². The zero-order valence-electron chi connectivity index (χ0n) is 12.0. The first kappa shape index (κ1) is 13.4. The molecule has 2 rings (SSSR count). The van der Waals surface area contributed by atoms with Crippen molar-refractivity contribution in [3.05, 3.63) is 29.8 Å². The molecular formula is C15H25N3. The van der Waals surface area contributed by atoms with Crippen molar-refractivity contribution in [2.75, 3.05) is 31.6 Å². The molecule has 1 aromatic rings. The molecule has 0 radical (unpaired) electrons. The van der Waals surface area contributed by atoms with Crippen LogP contribution in [0, 0.1) is 6.92 Å². The molecule has 1 aliphatic rings. The van der Waals surface area contributed by atoms with Crippen LogP contribution >= 0.6 is 0 Å². The summed E-state index contributed by atoms with van der Waals surface area (Å²) in [5.74, 6) is 0. The number of aryl methyl sites for hydroxylation is 1. The van der Waals surface area contributed by atoms with E-state index in [1.54, 1.807) is 0 Å². The van der Waals surface area contributed by atoms with E-state index < -0.39 is 0 Å². The quantitative estimate of drug-likeness (QED) is 0.866. The predicted octanol–water partition coefficient (Wildman–Crippen LogP) is 1.85. The van der Waals surface area contributed by atoms with Crippen LogP contribution in [-0.2, 0) is 0 Å². The third-order valence-electron chi connectivity index (χ3n) is 4.21. The molecule has 1 aliphatic heterocycles. The van der Waals surface area contributed by atoms with E-state index in [0.717, 1.165) is 13.1 Å². The first-order valence-electron chi connectivity index (χ1n) is 6.69. The van der Waals surface area contributed by atoms with E-state index in [4.69, 9.17) is 5.73 Å². The van der Waals surface area contributed by atoms with Crippen LogP contribution < -0.4 is 10.6 Å². The Hall–Kier alpha value is -1.06. The summed E-state index contributed by atoms with van der Waals surface area (Å²) in [6.07, 6.45) is 0. The normalized spacial score (nSPS) is 24.3. The second-order valence-corrected chi connectivity index (χ2v) is 6.00. The fraction of sp³-hybridized carbons (Fsp3) is 0.600. The van der Waals surface area contributed by atoms with Gasteiger partial charge in [0.05, 0.1) is 6.04 Å². The molecule has 1 heterocycles. The Morgan fingerprint density at radius 2 is 2.00 bits per heavy atom. The number of hydrogen-bond donors (Lipinski definition) is 1. The second kappa shape index (κ2) is 4.90. The Morgan fingerprint density at radius 3 is 2.61 bits per heavy atom. The lowest BCUT2D eigenvalue weighted by molar-refractivity contribution is 0.116. The lowest BCUT2D eigenvalue weighted by Gasteiger charge is -2.50. The van der Waals surface area contributed by atoms with Crippen LogP contribution in [-0.4, -0.2) is 43.2 Å². The molecule has 0 amide bonds. The highest BCUT2D eigenvalue weighted by molar-refractivity contribution is 5.54. The van der Waals surface area contributed by atoms with Crippen LogP contribution in [0.15, 0.2) is 24.3 Å². The second-order valence-electron chi connectivity index (χ2n) is 6.00. The average molecular weight is 247 g/mol. The Morgan fingerprint density at radius 1 is 1.33 bits per heavy atom. The number of nitrogens with two attached hydrogens (primary N) is 1. The highest BCUT2D eigenvalue weighted by Crippen LogP contribution is 2.29. The van der Waals surface area contributed by atoms with Gasteiger partial charge in [-0.3, -0.25) is 4.90 Å². The number of anilines is 1.